The standard InChI is InChI=1S/C17H17N3O/c1-12-11-14(6-4-10-18)8-9-15(12)20-17(21)16-7-3-5-13(2)19-16/h3,5,7-9,11H,10,18H2,1-2H3,(H,20,21). The Morgan fingerprint density at radius 2 is 2.10 bits per heavy atom. The van der Waals surface area contributed by atoms with E-state index in [-0.39, 0.29) is 5.91 Å². The number of nitrogens with zero attached hydrogens (tertiary/aromatic N) is 1. The lowest BCUT2D eigenvalue weighted by atomic mass is 10.1. The van der Waals surface area contributed by atoms with Crippen LogP contribution in [0, 0.1) is 25.7 Å². The lowest BCUT2D eigenvalue weighted by Gasteiger charge is -2.08. The van der Waals surface area contributed by atoms with Crippen molar-refractivity contribution in [2.45, 2.75) is 13.8 Å². The Bertz CT molecular complexity index is 726. The van der Waals surface area contributed by atoms with Gasteiger partial charge in [-0.25, -0.2) is 4.98 Å². The first kappa shape index (κ1) is 14.8. The summed E-state index contributed by atoms with van der Waals surface area (Å²) in [5.74, 6) is 5.55. The zero-order valence-electron chi connectivity index (χ0n) is 12.1. The van der Waals surface area contributed by atoms with E-state index in [9.17, 15) is 4.79 Å². The molecule has 0 aliphatic carbocycles. The minimum atomic E-state index is -0.220. The summed E-state index contributed by atoms with van der Waals surface area (Å²) in [5, 5.41) is 2.86. The highest BCUT2D eigenvalue weighted by Crippen LogP contribution is 2.17. The molecule has 2 aromatic rings. The number of pyridine rings is 1. The molecule has 0 atom stereocenters. The van der Waals surface area contributed by atoms with Gasteiger partial charge in [-0.1, -0.05) is 17.9 Å². The van der Waals surface area contributed by atoms with Crippen molar-refractivity contribution in [3.63, 3.8) is 0 Å². The van der Waals surface area contributed by atoms with Crippen LogP contribution in [0.4, 0.5) is 5.69 Å². The number of hydrogen-bond donors (Lipinski definition) is 2. The minimum Gasteiger partial charge on any atom is -0.320 e. The fourth-order valence-electron chi connectivity index (χ4n) is 1.89. The van der Waals surface area contributed by atoms with Crippen LogP contribution in [-0.4, -0.2) is 17.4 Å². The average molecular weight is 279 g/mol. The van der Waals surface area contributed by atoms with Crippen molar-refractivity contribution in [1.29, 1.82) is 0 Å². The van der Waals surface area contributed by atoms with Crippen molar-refractivity contribution in [1.82, 2.24) is 4.98 Å². The quantitative estimate of drug-likeness (QED) is 0.829. The SMILES string of the molecule is Cc1cccc(C(=O)Nc2ccc(C#CCN)cc2C)n1. The number of aryl methyl sites for hydroxylation is 2. The van der Waals surface area contributed by atoms with E-state index in [2.05, 4.69) is 22.1 Å². The second kappa shape index (κ2) is 6.69. The maximum Gasteiger partial charge on any atom is 0.274 e. The van der Waals surface area contributed by atoms with E-state index < -0.39 is 0 Å². The minimum absolute atomic E-state index is 0.220. The molecule has 2 rings (SSSR count). The third kappa shape index (κ3) is 3.91. The topological polar surface area (TPSA) is 68.0 Å². The van der Waals surface area contributed by atoms with Gasteiger partial charge in [0.2, 0.25) is 0 Å². The van der Waals surface area contributed by atoms with Crippen molar-refractivity contribution in [2.24, 2.45) is 5.73 Å². The van der Waals surface area contributed by atoms with E-state index in [4.69, 9.17) is 5.73 Å². The van der Waals surface area contributed by atoms with Crippen molar-refractivity contribution < 1.29 is 4.79 Å². The molecule has 0 bridgehead atoms. The number of carbonyl (C=O) groups excluding carboxylic acids is 1. The molecular formula is C17H17N3O. The van der Waals surface area contributed by atoms with E-state index in [1.54, 1.807) is 6.07 Å². The van der Waals surface area contributed by atoms with Gasteiger partial charge in [-0.15, -0.1) is 0 Å². The Kier molecular flexibility index (Phi) is 4.70. The summed E-state index contributed by atoms with van der Waals surface area (Å²) in [6, 6.07) is 11.0. The fraction of sp³-hybridized carbons (Fsp3) is 0.176. The number of aromatic nitrogens is 1. The van der Waals surface area contributed by atoms with E-state index >= 15 is 0 Å². The second-order valence-corrected chi connectivity index (χ2v) is 4.65. The van der Waals surface area contributed by atoms with Crippen molar-refractivity contribution in [3.8, 4) is 11.8 Å². The van der Waals surface area contributed by atoms with Crippen LogP contribution < -0.4 is 11.1 Å². The van der Waals surface area contributed by atoms with Crippen LogP contribution in [0.25, 0.3) is 0 Å². The van der Waals surface area contributed by atoms with Gasteiger partial charge in [0.15, 0.2) is 0 Å². The van der Waals surface area contributed by atoms with Crippen molar-refractivity contribution in [2.75, 3.05) is 11.9 Å². The first-order chi connectivity index (χ1) is 10.1. The number of carbonyl (C=O) groups is 1. The predicted molar refractivity (Wildman–Crippen MR) is 84.0 cm³/mol. The summed E-state index contributed by atoms with van der Waals surface area (Å²) >= 11 is 0. The molecule has 3 N–H and O–H groups in total. The first-order valence-corrected chi connectivity index (χ1v) is 6.65. The van der Waals surface area contributed by atoms with Crippen molar-refractivity contribution >= 4 is 11.6 Å². The molecule has 0 unspecified atom stereocenters. The molecule has 0 aliphatic rings. The van der Waals surface area contributed by atoms with E-state index in [1.807, 2.05) is 44.2 Å². The van der Waals surface area contributed by atoms with Crippen LogP contribution in [0.3, 0.4) is 0 Å². The Balaban J connectivity index is 2.18. The van der Waals surface area contributed by atoms with Crippen LogP contribution >= 0.6 is 0 Å². The number of hydrogen-bond acceptors (Lipinski definition) is 3. The molecule has 4 nitrogen and oxygen atoms in total. The molecule has 0 saturated heterocycles. The Hall–Kier alpha value is -2.64. The van der Waals surface area contributed by atoms with Gasteiger partial charge < -0.3 is 11.1 Å². The number of benzene rings is 1. The molecule has 0 saturated carbocycles. The molecule has 1 heterocycles. The lowest BCUT2D eigenvalue weighted by molar-refractivity contribution is 0.102. The molecule has 21 heavy (non-hydrogen) atoms. The molecule has 1 amide bonds. The third-order valence-electron chi connectivity index (χ3n) is 2.93. The van der Waals surface area contributed by atoms with Gasteiger partial charge in [0, 0.05) is 16.9 Å². The fourth-order valence-corrected chi connectivity index (χ4v) is 1.89. The molecular weight excluding hydrogens is 262 g/mol. The molecule has 106 valence electrons. The van der Waals surface area contributed by atoms with E-state index in [0.29, 0.717) is 12.2 Å². The van der Waals surface area contributed by atoms with Crippen LogP contribution in [0.15, 0.2) is 36.4 Å². The molecule has 1 aromatic carbocycles. The van der Waals surface area contributed by atoms with Crippen LogP contribution in [0.5, 0.6) is 0 Å². The van der Waals surface area contributed by atoms with Gasteiger partial charge in [-0.05, 0) is 49.7 Å². The smallest absolute Gasteiger partial charge is 0.274 e. The highest BCUT2D eigenvalue weighted by atomic mass is 16.1. The largest absolute Gasteiger partial charge is 0.320 e. The number of nitrogens with one attached hydrogen (secondary N) is 1. The molecule has 0 aliphatic heterocycles. The number of anilines is 1. The average Bonchev–Trinajstić information content (AvgIpc) is 2.47. The monoisotopic (exact) mass is 279 g/mol. The third-order valence-corrected chi connectivity index (χ3v) is 2.93. The van der Waals surface area contributed by atoms with E-state index in [0.717, 1.165) is 22.5 Å². The Labute approximate surface area is 124 Å². The molecule has 0 spiro atoms. The molecule has 0 radical (unpaired) electrons. The number of rotatable bonds is 2. The second-order valence-electron chi connectivity index (χ2n) is 4.65. The summed E-state index contributed by atoms with van der Waals surface area (Å²) in [7, 11) is 0. The number of amides is 1. The lowest BCUT2D eigenvalue weighted by Crippen LogP contribution is -2.14. The summed E-state index contributed by atoms with van der Waals surface area (Å²) < 4.78 is 0. The van der Waals surface area contributed by atoms with Gasteiger partial charge in [0.1, 0.15) is 5.69 Å². The molecule has 0 fully saturated rings. The molecule has 1 aromatic heterocycles. The summed E-state index contributed by atoms with van der Waals surface area (Å²) in [6.45, 7) is 4.11. The number of nitrogens with two attached hydrogens (primary N) is 1. The van der Waals surface area contributed by atoms with Gasteiger partial charge in [0.25, 0.3) is 5.91 Å². The van der Waals surface area contributed by atoms with E-state index in [1.165, 1.54) is 0 Å². The van der Waals surface area contributed by atoms with Crippen LogP contribution in [-0.2, 0) is 0 Å². The zero-order chi connectivity index (χ0) is 15.2. The maximum absolute atomic E-state index is 12.2. The molecule has 4 heteroatoms. The Morgan fingerprint density at radius 3 is 2.76 bits per heavy atom. The predicted octanol–water partition coefficient (Wildman–Crippen LogP) is 2.26. The summed E-state index contributed by atoms with van der Waals surface area (Å²) in [5.41, 5.74) is 9.14. The first-order valence-electron chi connectivity index (χ1n) is 6.65. The highest BCUT2D eigenvalue weighted by molar-refractivity contribution is 6.03. The zero-order valence-corrected chi connectivity index (χ0v) is 12.1. The highest BCUT2D eigenvalue weighted by Gasteiger charge is 2.09. The Morgan fingerprint density at radius 1 is 1.29 bits per heavy atom. The van der Waals surface area contributed by atoms with Gasteiger partial charge in [0.05, 0.1) is 6.54 Å². The summed E-state index contributed by atoms with van der Waals surface area (Å²) in [6.07, 6.45) is 0. The maximum atomic E-state index is 12.2. The van der Waals surface area contributed by atoms with Gasteiger partial charge >= 0.3 is 0 Å². The van der Waals surface area contributed by atoms with Gasteiger partial charge in [-0.2, -0.15) is 0 Å². The van der Waals surface area contributed by atoms with Crippen LogP contribution in [0.1, 0.15) is 27.3 Å². The van der Waals surface area contributed by atoms with Crippen LogP contribution in [0.2, 0.25) is 0 Å². The summed E-state index contributed by atoms with van der Waals surface area (Å²) in [4.78, 5) is 16.4. The van der Waals surface area contributed by atoms with Gasteiger partial charge in [-0.3, -0.25) is 4.79 Å². The van der Waals surface area contributed by atoms with Crippen molar-refractivity contribution in [3.05, 3.63) is 58.9 Å². The normalized spacial score (nSPS) is 9.67.